The van der Waals surface area contributed by atoms with Crippen LogP contribution in [0.3, 0.4) is 0 Å². The molecule has 1 N–H and O–H groups in total. The topological polar surface area (TPSA) is 82.8 Å². The fourth-order valence-electron chi connectivity index (χ4n) is 0.803. The van der Waals surface area contributed by atoms with Crippen molar-refractivity contribution < 1.29 is 0 Å². The molecule has 0 aromatic heterocycles. The molecule has 6 heteroatoms. The predicted octanol–water partition coefficient (Wildman–Crippen LogP) is 2.86. The number of aliphatic imine (C=N–C) groups is 2. The summed E-state index contributed by atoms with van der Waals surface area (Å²) in [7, 11) is 0. The molecule has 0 heterocycles. The van der Waals surface area contributed by atoms with Crippen LogP contribution in [0.1, 0.15) is 0 Å². The third kappa shape index (κ3) is 9.58. The van der Waals surface area contributed by atoms with Crippen molar-refractivity contribution in [1.29, 1.82) is 5.26 Å². The zero-order valence-corrected chi connectivity index (χ0v) is 13.5. The van der Waals surface area contributed by atoms with Gasteiger partial charge >= 0.3 is 34.6 Å². The average Bonchev–Trinajstić information content (AvgIpc) is 2.30. The quantitative estimate of drug-likeness (QED) is 0.278. The Bertz CT molecular complexity index is 452. The first-order valence-corrected chi connectivity index (χ1v) is 13.8. The second-order valence-corrected chi connectivity index (χ2v) is 12.3. The van der Waals surface area contributed by atoms with Crippen molar-refractivity contribution in [2.24, 2.45) is 9.98 Å². The van der Waals surface area contributed by atoms with Gasteiger partial charge in [-0.1, -0.05) is 18.2 Å². The van der Waals surface area contributed by atoms with Crippen LogP contribution >= 0.6 is 0 Å². The molecule has 1 aromatic rings. The summed E-state index contributed by atoms with van der Waals surface area (Å²) in [6.07, 6.45) is 1.65. The zero-order valence-electron chi connectivity index (χ0n) is 10.7. The molecule has 0 fully saturated rings. The van der Waals surface area contributed by atoms with Crippen LogP contribution in [0.5, 0.6) is 0 Å². The van der Waals surface area contributed by atoms with Crippen molar-refractivity contribution in [3.05, 3.63) is 35.7 Å². The summed E-state index contributed by atoms with van der Waals surface area (Å²) in [4.78, 5) is 14.4. The molecule has 92 valence electrons. The number of nitriles is 1. The van der Waals surface area contributed by atoms with Crippen LogP contribution in [0, 0.1) is 11.5 Å². The van der Waals surface area contributed by atoms with Gasteiger partial charge in [0.1, 0.15) is 5.96 Å². The van der Waals surface area contributed by atoms with Crippen molar-refractivity contribution in [3.8, 4) is 6.19 Å². The molecule has 0 radical (unpaired) electrons. The summed E-state index contributed by atoms with van der Waals surface area (Å²) in [5, 5.41) is 18.8. The first-order chi connectivity index (χ1) is 8.60. The number of nitrogens with zero attached hydrogens (tertiary/aromatic N) is 4. The van der Waals surface area contributed by atoms with Crippen LogP contribution in [0.4, 0.5) is 5.69 Å². The summed E-state index contributed by atoms with van der Waals surface area (Å²) in [5.41, 5.74) is 0.629. The molecule has 1 aromatic carbocycles. The third-order valence-electron chi connectivity index (χ3n) is 1.31. The summed E-state index contributed by atoms with van der Waals surface area (Å²) < 4.78 is 0. The number of para-hydroxylation sites is 1. The number of nitrogens with one attached hydrogen (secondary N) is 1. The van der Waals surface area contributed by atoms with Crippen molar-refractivity contribution in [2.75, 3.05) is 0 Å². The van der Waals surface area contributed by atoms with E-state index in [0.717, 1.165) is 0 Å². The van der Waals surface area contributed by atoms with E-state index in [9.17, 15) is 0 Å². The molecule has 0 unspecified atom stereocenters. The van der Waals surface area contributed by atoms with Gasteiger partial charge in [-0.3, -0.25) is 5.32 Å². The number of rotatable bonds is 1. The summed E-state index contributed by atoms with van der Waals surface area (Å²) >= 11 is -0.543. The van der Waals surface area contributed by atoms with Gasteiger partial charge < -0.3 is 10.4 Å². The molecule has 18 heavy (non-hydrogen) atoms. The molecule has 0 spiro atoms. The Balaban J connectivity index is 0.000000631. The van der Waals surface area contributed by atoms with Crippen LogP contribution < -0.4 is 5.32 Å². The van der Waals surface area contributed by atoms with Gasteiger partial charge in [0.25, 0.3) is 0 Å². The van der Waals surface area contributed by atoms with Gasteiger partial charge in [-0.25, -0.2) is 4.99 Å². The Morgan fingerprint density at radius 3 is 2.28 bits per heavy atom. The van der Waals surface area contributed by atoms with E-state index in [0.29, 0.717) is 5.69 Å². The normalized spacial score (nSPS) is 9.11. The van der Waals surface area contributed by atoms with Gasteiger partial charge in [-0.2, -0.15) is 5.26 Å². The molecule has 0 aliphatic heterocycles. The van der Waals surface area contributed by atoms with E-state index in [4.69, 9.17) is 10.7 Å². The summed E-state index contributed by atoms with van der Waals surface area (Å²) in [6.45, 7) is 0. The first kappa shape index (κ1) is 16.4. The summed E-state index contributed by atoms with van der Waals surface area (Å²) in [5.74, 6) is -0.0128. The molecule has 0 aliphatic rings. The standard InChI is InChI=1S/C9H6N5.3CH3.Sn/c10-6-12-9(13-7-11)14-8-4-2-1-3-5-8;;;;/h1-5H,(H,12,14);3*1H3;/q-1;;;;+1. The Morgan fingerprint density at radius 1 is 1.28 bits per heavy atom. The fraction of sp³-hybridized carbons (Fsp3) is 0.250. The van der Waals surface area contributed by atoms with Crippen molar-refractivity contribution in [1.82, 2.24) is 5.32 Å². The molecule has 0 atom stereocenters. The van der Waals surface area contributed by atoms with Gasteiger partial charge in [0.05, 0.1) is 5.69 Å². The zero-order chi connectivity index (χ0) is 13.8. The molecule has 0 saturated heterocycles. The predicted molar refractivity (Wildman–Crippen MR) is 76.4 cm³/mol. The summed E-state index contributed by atoms with van der Waals surface area (Å²) in [6, 6.07) is 10.5. The maximum atomic E-state index is 8.33. The maximum absolute atomic E-state index is 8.33. The molecule has 0 aliphatic carbocycles. The molecular weight excluding hydrogens is 333 g/mol. The number of hydrogen-bond acceptors (Lipinski definition) is 2. The second kappa shape index (κ2) is 10.5. The monoisotopic (exact) mass is 349 g/mol. The van der Waals surface area contributed by atoms with E-state index < -0.39 is 19.8 Å². The molecular formula is C12H15N5Sn. The number of guanidine groups is 1. The first-order valence-electron chi connectivity index (χ1n) is 5.25. The minimum atomic E-state index is -0.543. The van der Waals surface area contributed by atoms with Crippen LogP contribution in [0.25, 0.3) is 5.41 Å². The van der Waals surface area contributed by atoms with Crippen LogP contribution in [0.15, 0.2) is 40.3 Å². The van der Waals surface area contributed by atoms with Crippen LogP contribution in [-0.4, -0.2) is 31.7 Å². The average molecular weight is 348 g/mol. The van der Waals surface area contributed by atoms with E-state index in [1.165, 1.54) is 0 Å². The van der Waals surface area contributed by atoms with Crippen molar-refractivity contribution in [2.45, 2.75) is 14.8 Å². The third-order valence-corrected chi connectivity index (χ3v) is 1.31. The van der Waals surface area contributed by atoms with E-state index in [2.05, 4.69) is 30.1 Å². The minimum absolute atomic E-state index is 0.0128. The second-order valence-electron chi connectivity index (χ2n) is 3.72. The number of hydrogen-bond donors (Lipinski definition) is 1. The number of benzene rings is 1. The molecule has 1 rings (SSSR count). The van der Waals surface area contributed by atoms with E-state index in [-0.39, 0.29) is 5.96 Å². The van der Waals surface area contributed by atoms with Crippen LogP contribution in [-0.2, 0) is 0 Å². The SMILES string of the molecule is N#CNC(N=C=[N-])=Nc1ccccc1.[CH3][Sn+]([CH3])[CH3]. The van der Waals surface area contributed by atoms with E-state index in [1.54, 1.807) is 36.5 Å². The fourth-order valence-corrected chi connectivity index (χ4v) is 0.803. The Hall–Kier alpha value is -1.64. The molecule has 0 amide bonds. The van der Waals surface area contributed by atoms with E-state index in [1.807, 2.05) is 6.07 Å². The molecule has 0 saturated carbocycles. The van der Waals surface area contributed by atoms with Gasteiger partial charge in [0.2, 0.25) is 0 Å². The van der Waals surface area contributed by atoms with Crippen LogP contribution in [0.2, 0.25) is 14.8 Å². The molecule has 0 bridgehead atoms. The Kier molecular flexibility index (Phi) is 9.55. The van der Waals surface area contributed by atoms with Gasteiger partial charge in [0, 0.05) is 0 Å². The Morgan fingerprint density at radius 2 is 1.83 bits per heavy atom. The molecule has 5 nitrogen and oxygen atoms in total. The van der Waals surface area contributed by atoms with Gasteiger partial charge in [-0.05, 0) is 12.1 Å². The van der Waals surface area contributed by atoms with Crippen molar-refractivity contribution in [3.63, 3.8) is 0 Å². The van der Waals surface area contributed by atoms with Crippen molar-refractivity contribution >= 4 is 37.4 Å². The van der Waals surface area contributed by atoms with E-state index >= 15 is 0 Å². The van der Waals surface area contributed by atoms with Gasteiger partial charge in [-0.15, -0.1) is 6.01 Å². The van der Waals surface area contributed by atoms with Gasteiger partial charge in [0.15, 0.2) is 6.19 Å². The Labute approximate surface area is 115 Å².